The van der Waals surface area contributed by atoms with Gasteiger partial charge in [0.25, 0.3) is 5.91 Å². The number of rotatable bonds is 4. The van der Waals surface area contributed by atoms with E-state index in [2.05, 4.69) is 46.5 Å². The normalized spacial score (nSPS) is 26.2. The number of likely N-dealkylation sites (N-methyl/N-ethyl adjacent to an activating group) is 1. The van der Waals surface area contributed by atoms with Crippen molar-refractivity contribution in [3.8, 4) is 0 Å². The Morgan fingerprint density at radius 1 is 1.21 bits per heavy atom. The molecule has 1 aromatic rings. The van der Waals surface area contributed by atoms with Crippen LogP contribution >= 0.6 is 0 Å². The Labute approximate surface area is 145 Å². The molecule has 2 saturated heterocycles. The smallest absolute Gasteiger partial charge is 0.251 e. The summed E-state index contributed by atoms with van der Waals surface area (Å²) in [5.74, 6) is 0.577. The number of nitrogens with zero attached hydrogens (tertiary/aromatic N) is 2. The van der Waals surface area contributed by atoms with E-state index >= 15 is 0 Å². The highest BCUT2D eigenvalue weighted by molar-refractivity contribution is 5.94. The molecule has 0 aromatic heterocycles. The zero-order valence-electron chi connectivity index (χ0n) is 14.9. The Hall–Kier alpha value is -1.43. The zero-order valence-corrected chi connectivity index (χ0v) is 14.9. The number of piperazine rings is 1. The van der Waals surface area contributed by atoms with Crippen molar-refractivity contribution in [3.63, 3.8) is 0 Å². The first-order valence-electron chi connectivity index (χ1n) is 9.13. The Balaban J connectivity index is 1.52. The molecule has 1 aromatic carbocycles. The lowest BCUT2D eigenvalue weighted by molar-refractivity contribution is 0.0915. The third-order valence-corrected chi connectivity index (χ3v) is 5.36. The van der Waals surface area contributed by atoms with Gasteiger partial charge in [0.1, 0.15) is 0 Å². The van der Waals surface area contributed by atoms with Crippen molar-refractivity contribution >= 4 is 5.91 Å². The molecule has 5 heteroatoms. The second kappa shape index (κ2) is 8.10. The van der Waals surface area contributed by atoms with Crippen LogP contribution in [-0.4, -0.2) is 68.1 Å². The first-order chi connectivity index (χ1) is 11.6. The van der Waals surface area contributed by atoms with E-state index < -0.39 is 0 Å². The van der Waals surface area contributed by atoms with Gasteiger partial charge in [-0.2, -0.15) is 0 Å². The summed E-state index contributed by atoms with van der Waals surface area (Å²) in [5, 5.41) is 6.53. The van der Waals surface area contributed by atoms with E-state index in [1.165, 1.54) is 5.56 Å². The van der Waals surface area contributed by atoms with Crippen LogP contribution in [0.4, 0.5) is 0 Å². The Morgan fingerprint density at radius 3 is 2.58 bits per heavy atom. The highest BCUT2D eigenvalue weighted by Gasteiger charge is 2.23. The monoisotopic (exact) mass is 330 g/mol. The molecule has 0 saturated carbocycles. The number of nitrogens with one attached hydrogen (secondary N) is 2. The van der Waals surface area contributed by atoms with Crippen LogP contribution in [-0.2, 0) is 6.54 Å². The molecule has 2 unspecified atom stereocenters. The molecule has 2 aliphatic rings. The number of piperidine rings is 1. The number of hydrogen-bond donors (Lipinski definition) is 2. The predicted molar refractivity (Wildman–Crippen MR) is 97.1 cm³/mol. The third kappa shape index (κ3) is 4.56. The van der Waals surface area contributed by atoms with Crippen LogP contribution in [0.15, 0.2) is 24.3 Å². The van der Waals surface area contributed by atoms with E-state index in [1.54, 1.807) is 0 Å². The van der Waals surface area contributed by atoms with E-state index in [4.69, 9.17) is 0 Å². The number of benzene rings is 1. The van der Waals surface area contributed by atoms with Crippen molar-refractivity contribution in [2.75, 3.05) is 46.3 Å². The molecular formula is C19H30N4O. The highest BCUT2D eigenvalue weighted by Crippen LogP contribution is 2.13. The van der Waals surface area contributed by atoms with Gasteiger partial charge in [0.05, 0.1) is 0 Å². The van der Waals surface area contributed by atoms with Crippen molar-refractivity contribution in [3.05, 3.63) is 35.4 Å². The molecule has 2 N–H and O–H groups in total. The lowest BCUT2D eigenvalue weighted by atomic mass is 9.94. The summed E-state index contributed by atoms with van der Waals surface area (Å²) in [6.07, 6.45) is 1.12. The molecule has 24 heavy (non-hydrogen) atoms. The molecule has 2 atom stereocenters. The molecule has 0 bridgehead atoms. The molecular weight excluding hydrogens is 300 g/mol. The maximum atomic E-state index is 12.4. The number of carbonyl (C=O) groups is 1. The fourth-order valence-corrected chi connectivity index (χ4v) is 3.46. The van der Waals surface area contributed by atoms with Gasteiger partial charge >= 0.3 is 0 Å². The summed E-state index contributed by atoms with van der Waals surface area (Å²) >= 11 is 0. The minimum atomic E-state index is 0.0432. The van der Waals surface area contributed by atoms with Crippen molar-refractivity contribution in [2.24, 2.45) is 5.92 Å². The Bertz CT molecular complexity index is 537. The van der Waals surface area contributed by atoms with Crippen LogP contribution < -0.4 is 10.6 Å². The van der Waals surface area contributed by atoms with Crippen LogP contribution in [0.3, 0.4) is 0 Å². The minimum absolute atomic E-state index is 0.0432. The summed E-state index contributed by atoms with van der Waals surface area (Å²) in [7, 11) is 2.17. The first kappa shape index (κ1) is 17.4. The van der Waals surface area contributed by atoms with Gasteiger partial charge < -0.3 is 15.5 Å². The molecule has 2 fully saturated rings. The minimum Gasteiger partial charge on any atom is -0.348 e. The number of carbonyl (C=O) groups excluding carboxylic acids is 1. The third-order valence-electron chi connectivity index (χ3n) is 5.36. The predicted octanol–water partition coefficient (Wildman–Crippen LogP) is 1.16. The molecule has 2 heterocycles. The Morgan fingerprint density at radius 2 is 1.92 bits per heavy atom. The van der Waals surface area contributed by atoms with Crippen LogP contribution in [0.1, 0.15) is 29.3 Å². The van der Waals surface area contributed by atoms with Gasteiger partial charge in [-0.1, -0.05) is 19.1 Å². The average molecular weight is 330 g/mol. The second-order valence-corrected chi connectivity index (χ2v) is 7.33. The fraction of sp³-hybridized carbons (Fsp3) is 0.632. The molecule has 3 rings (SSSR count). The lowest BCUT2D eigenvalue weighted by Gasteiger charge is -2.32. The second-order valence-electron chi connectivity index (χ2n) is 7.33. The standard InChI is InChI=1S/C19H30N4O/c1-15-7-8-20-13-18(15)21-19(24)17-5-3-16(4-6-17)14-23-11-9-22(2)10-12-23/h3-6,15,18,20H,7-14H2,1-2H3,(H,21,24). The van der Waals surface area contributed by atoms with E-state index in [0.717, 1.165) is 57.8 Å². The van der Waals surface area contributed by atoms with Gasteiger partial charge in [-0.3, -0.25) is 9.69 Å². The number of hydrogen-bond acceptors (Lipinski definition) is 4. The van der Waals surface area contributed by atoms with Crippen molar-refractivity contribution in [1.29, 1.82) is 0 Å². The zero-order chi connectivity index (χ0) is 16.9. The van der Waals surface area contributed by atoms with Gasteiger partial charge in [0.15, 0.2) is 0 Å². The van der Waals surface area contributed by atoms with Crippen LogP contribution in [0.2, 0.25) is 0 Å². The lowest BCUT2D eigenvalue weighted by Crippen LogP contribution is -2.50. The first-order valence-corrected chi connectivity index (χ1v) is 9.13. The van der Waals surface area contributed by atoms with E-state index in [-0.39, 0.29) is 11.9 Å². The summed E-state index contributed by atoms with van der Waals surface area (Å²) in [6.45, 7) is 9.60. The largest absolute Gasteiger partial charge is 0.348 e. The van der Waals surface area contributed by atoms with Crippen LogP contribution in [0.25, 0.3) is 0 Å². The maximum Gasteiger partial charge on any atom is 0.251 e. The number of amides is 1. The molecule has 0 radical (unpaired) electrons. The molecule has 0 aliphatic carbocycles. The van der Waals surface area contributed by atoms with Crippen molar-refractivity contribution in [2.45, 2.75) is 25.9 Å². The topological polar surface area (TPSA) is 47.6 Å². The maximum absolute atomic E-state index is 12.4. The molecule has 0 spiro atoms. The average Bonchev–Trinajstić information content (AvgIpc) is 2.59. The van der Waals surface area contributed by atoms with Gasteiger partial charge in [-0.05, 0) is 43.6 Å². The van der Waals surface area contributed by atoms with E-state index in [0.29, 0.717) is 5.92 Å². The van der Waals surface area contributed by atoms with Gasteiger partial charge in [-0.25, -0.2) is 0 Å². The van der Waals surface area contributed by atoms with Crippen LogP contribution in [0.5, 0.6) is 0 Å². The van der Waals surface area contributed by atoms with Crippen molar-refractivity contribution < 1.29 is 4.79 Å². The van der Waals surface area contributed by atoms with E-state index in [1.807, 2.05) is 12.1 Å². The van der Waals surface area contributed by atoms with Gasteiger partial charge in [0.2, 0.25) is 0 Å². The summed E-state index contributed by atoms with van der Waals surface area (Å²) < 4.78 is 0. The SMILES string of the molecule is CC1CCNCC1NC(=O)c1ccc(CN2CCN(C)CC2)cc1. The molecule has 2 aliphatic heterocycles. The Kier molecular flexibility index (Phi) is 5.87. The summed E-state index contributed by atoms with van der Waals surface area (Å²) in [5.41, 5.74) is 2.04. The molecule has 1 amide bonds. The molecule has 132 valence electrons. The van der Waals surface area contributed by atoms with Crippen LogP contribution in [0, 0.1) is 5.92 Å². The summed E-state index contributed by atoms with van der Waals surface area (Å²) in [4.78, 5) is 17.3. The highest BCUT2D eigenvalue weighted by atomic mass is 16.1. The fourth-order valence-electron chi connectivity index (χ4n) is 3.46. The van der Waals surface area contributed by atoms with Gasteiger partial charge in [-0.15, -0.1) is 0 Å². The molecule has 5 nitrogen and oxygen atoms in total. The van der Waals surface area contributed by atoms with Crippen molar-refractivity contribution in [1.82, 2.24) is 20.4 Å². The van der Waals surface area contributed by atoms with Gasteiger partial charge in [0, 0.05) is 50.9 Å². The summed E-state index contributed by atoms with van der Waals surface area (Å²) in [6, 6.07) is 8.34. The van der Waals surface area contributed by atoms with E-state index in [9.17, 15) is 4.79 Å². The quantitative estimate of drug-likeness (QED) is 0.870.